The topological polar surface area (TPSA) is 9.86 Å². The molecule has 0 fully saturated rings. The van der Waals surface area contributed by atoms with Crippen molar-refractivity contribution in [1.82, 2.24) is 9.13 Å². The van der Waals surface area contributed by atoms with Crippen molar-refractivity contribution in [3.05, 3.63) is 58.2 Å². The minimum absolute atomic E-state index is 1.26. The van der Waals surface area contributed by atoms with Crippen molar-refractivity contribution in [3.8, 4) is 11.4 Å². The molecule has 0 saturated heterocycles. The van der Waals surface area contributed by atoms with Crippen LogP contribution in [0.1, 0.15) is 0 Å². The van der Waals surface area contributed by atoms with Gasteiger partial charge in [-0.05, 0) is 40.8 Å². The molecule has 0 saturated carbocycles. The Hall–Kier alpha value is -1.75. The van der Waals surface area contributed by atoms with Gasteiger partial charge in [0.1, 0.15) is 0 Å². The Kier molecular flexibility index (Phi) is 2.85. The van der Waals surface area contributed by atoms with Gasteiger partial charge in [0.25, 0.3) is 0 Å². The Morgan fingerprint density at radius 3 is 2.19 bits per heavy atom. The van der Waals surface area contributed by atoms with E-state index in [1.165, 1.54) is 36.8 Å². The lowest BCUT2D eigenvalue weighted by Gasteiger charge is -2.07. The molecule has 2 nitrogen and oxygen atoms in total. The van der Waals surface area contributed by atoms with Crippen LogP contribution in [0.25, 0.3) is 33.2 Å². The number of fused-ring (bicyclic) bond motifs is 2. The first-order chi connectivity index (χ1) is 10.2. The normalized spacial score (nSPS) is 11.6. The first-order valence-electron chi connectivity index (χ1n) is 6.96. The van der Waals surface area contributed by atoms with E-state index >= 15 is 0 Å². The average molecular weight is 386 g/mol. The quantitative estimate of drug-likeness (QED) is 0.410. The van der Waals surface area contributed by atoms with Gasteiger partial charge < -0.3 is 9.13 Å². The van der Waals surface area contributed by atoms with E-state index in [1.807, 2.05) is 0 Å². The summed E-state index contributed by atoms with van der Waals surface area (Å²) in [7, 11) is 4.29. The van der Waals surface area contributed by atoms with Crippen LogP contribution < -0.4 is 0 Å². The fraction of sp³-hybridized carbons (Fsp3) is 0.111. The number of aromatic nitrogens is 2. The van der Waals surface area contributed by atoms with Crippen LogP contribution in [0.15, 0.2) is 54.6 Å². The molecule has 0 aliphatic carbocycles. The Balaban J connectivity index is 2.11. The van der Waals surface area contributed by atoms with Gasteiger partial charge in [0.05, 0.1) is 11.4 Å². The molecule has 0 unspecified atom stereocenters. The van der Waals surface area contributed by atoms with E-state index in [0.29, 0.717) is 0 Å². The van der Waals surface area contributed by atoms with Crippen LogP contribution in [0.5, 0.6) is 0 Å². The molecule has 4 aromatic rings. The first kappa shape index (κ1) is 13.0. The highest BCUT2D eigenvalue weighted by Crippen LogP contribution is 2.36. The number of rotatable bonds is 1. The summed E-state index contributed by atoms with van der Waals surface area (Å²) in [4.78, 5) is 0. The van der Waals surface area contributed by atoms with E-state index in [-0.39, 0.29) is 0 Å². The van der Waals surface area contributed by atoms with Crippen molar-refractivity contribution in [1.29, 1.82) is 0 Å². The van der Waals surface area contributed by atoms with Gasteiger partial charge >= 0.3 is 0 Å². The summed E-state index contributed by atoms with van der Waals surface area (Å²) in [6, 6.07) is 19.4. The van der Waals surface area contributed by atoms with Crippen molar-refractivity contribution < 1.29 is 0 Å². The zero-order valence-electron chi connectivity index (χ0n) is 12.0. The molecule has 104 valence electrons. The lowest BCUT2D eigenvalue weighted by atomic mass is 10.2. The van der Waals surface area contributed by atoms with Crippen LogP contribution in [0.3, 0.4) is 0 Å². The number of benzene rings is 2. The Labute approximate surface area is 137 Å². The van der Waals surface area contributed by atoms with Gasteiger partial charge in [-0.3, -0.25) is 0 Å². The number of aryl methyl sites for hydroxylation is 2. The molecule has 2 aromatic heterocycles. The molecule has 4 rings (SSSR count). The minimum Gasteiger partial charge on any atom is -0.342 e. The van der Waals surface area contributed by atoms with Crippen LogP contribution in [0.2, 0.25) is 0 Å². The standard InChI is InChI=1S/C18H15IN2/c1-20-14-9-5-3-7-12(14)11-16(20)18-17(19)13-8-4-6-10-15(13)21(18)2/h3-11H,1-2H3. The molecule has 21 heavy (non-hydrogen) atoms. The number of hydrogen-bond acceptors (Lipinski definition) is 0. The Morgan fingerprint density at radius 2 is 1.48 bits per heavy atom. The van der Waals surface area contributed by atoms with Crippen LogP contribution in [-0.4, -0.2) is 9.13 Å². The number of halogens is 1. The van der Waals surface area contributed by atoms with E-state index in [4.69, 9.17) is 0 Å². The fourth-order valence-corrected chi connectivity index (χ4v) is 4.24. The van der Waals surface area contributed by atoms with E-state index in [0.717, 1.165) is 0 Å². The summed E-state index contributed by atoms with van der Waals surface area (Å²) >= 11 is 2.47. The highest BCUT2D eigenvalue weighted by molar-refractivity contribution is 14.1. The number of para-hydroxylation sites is 2. The fourth-order valence-electron chi connectivity index (χ4n) is 3.15. The molecule has 0 aliphatic rings. The molecule has 2 heterocycles. The van der Waals surface area contributed by atoms with Crippen molar-refractivity contribution in [3.63, 3.8) is 0 Å². The molecule has 0 radical (unpaired) electrons. The maximum atomic E-state index is 2.47. The van der Waals surface area contributed by atoms with E-state index < -0.39 is 0 Å². The second kappa shape index (κ2) is 4.63. The summed E-state index contributed by atoms with van der Waals surface area (Å²) in [5, 5.41) is 2.61. The van der Waals surface area contributed by atoms with Crippen molar-refractivity contribution in [2.75, 3.05) is 0 Å². The molecule has 0 N–H and O–H groups in total. The average Bonchev–Trinajstić information content (AvgIpc) is 2.96. The lowest BCUT2D eigenvalue weighted by Crippen LogP contribution is -1.98. The van der Waals surface area contributed by atoms with E-state index in [9.17, 15) is 0 Å². The molecular formula is C18H15IN2. The third-order valence-corrected chi connectivity index (χ3v) is 5.33. The third kappa shape index (κ3) is 1.77. The van der Waals surface area contributed by atoms with Crippen LogP contribution in [-0.2, 0) is 14.1 Å². The van der Waals surface area contributed by atoms with Crippen molar-refractivity contribution in [2.24, 2.45) is 14.1 Å². The molecule has 3 heteroatoms. The smallest absolute Gasteiger partial charge is 0.0792 e. The highest BCUT2D eigenvalue weighted by Gasteiger charge is 2.17. The van der Waals surface area contributed by atoms with Gasteiger partial charge in [-0.1, -0.05) is 36.4 Å². The number of hydrogen-bond donors (Lipinski definition) is 0. The summed E-state index contributed by atoms with van der Waals surface area (Å²) in [6.45, 7) is 0. The van der Waals surface area contributed by atoms with Crippen LogP contribution >= 0.6 is 22.6 Å². The predicted octanol–water partition coefficient (Wildman–Crippen LogP) is 4.94. The molecular weight excluding hydrogens is 371 g/mol. The zero-order chi connectivity index (χ0) is 14.6. The van der Waals surface area contributed by atoms with Gasteiger partial charge in [-0.25, -0.2) is 0 Å². The molecule has 0 spiro atoms. The predicted molar refractivity (Wildman–Crippen MR) is 97.5 cm³/mol. The van der Waals surface area contributed by atoms with Gasteiger partial charge in [0.2, 0.25) is 0 Å². The summed E-state index contributed by atoms with van der Waals surface area (Å²) in [6.07, 6.45) is 0. The Morgan fingerprint density at radius 1 is 0.810 bits per heavy atom. The first-order valence-corrected chi connectivity index (χ1v) is 8.04. The second-order valence-corrected chi connectivity index (χ2v) is 6.46. The van der Waals surface area contributed by atoms with Gasteiger partial charge in [0, 0.05) is 39.5 Å². The SMILES string of the molecule is Cn1c(-c2c(I)c3ccccc3n2C)cc2ccccc21. The van der Waals surface area contributed by atoms with E-state index in [1.54, 1.807) is 0 Å². The molecule has 0 amide bonds. The molecule has 0 aliphatic heterocycles. The van der Waals surface area contributed by atoms with Crippen LogP contribution in [0, 0.1) is 3.57 Å². The van der Waals surface area contributed by atoms with Gasteiger partial charge in [-0.2, -0.15) is 0 Å². The maximum absolute atomic E-state index is 2.47. The molecule has 0 bridgehead atoms. The largest absolute Gasteiger partial charge is 0.342 e. The Bertz CT molecular complexity index is 937. The third-order valence-electron chi connectivity index (χ3n) is 4.24. The second-order valence-electron chi connectivity index (χ2n) is 5.39. The highest BCUT2D eigenvalue weighted by atomic mass is 127. The van der Waals surface area contributed by atoms with Crippen LogP contribution in [0.4, 0.5) is 0 Å². The van der Waals surface area contributed by atoms with Gasteiger partial charge in [-0.15, -0.1) is 0 Å². The lowest BCUT2D eigenvalue weighted by molar-refractivity contribution is 0.921. The zero-order valence-corrected chi connectivity index (χ0v) is 14.1. The number of nitrogens with zero attached hydrogens (tertiary/aromatic N) is 2. The van der Waals surface area contributed by atoms with E-state index in [2.05, 4.69) is 100 Å². The van der Waals surface area contributed by atoms with Gasteiger partial charge in [0.15, 0.2) is 0 Å². The maximum Gasteiger partial charge on any atom is 0.0792 e. The summed E-state index contributed by atoms with van der Waals surface area (Å²) in [5.41, 5.74) is 5.10. The molecule has 0 atom stereocenters. The molecule has 2 aromatic carbocycles. The van der Waals surface area contributed by atoms with Crippen molar-refractivity contribution in [2.45, 2.75) is 0 Å². The van der Waals surface area contributed by atoms with Crippen molar-refractivity contribution >= 4 is 44.4 Å². The minimum atomic E-state index is 1.26. The monoisotopic (exact) mass is 386 g/mol. The summed E-state index contributed by atoms with van der Waals surface area (Å²) in [5.74, 6) is 0. The summed E-state index contributed by atoms with van der Waals surface area (Å²) < 4.78 is 5.90.